The van der Waals surface area contributed by atoms with E-state index < -0.39 is 0 Å². The standard InChI is InChI=1S/C20H23FN6/c1-2-23-20(25-13-16-7-5-15(12-22)6-8-16)26-17-9-11-27(14-17)19-18(21)4-3-10-24-19/h3-8,10,17H,2,9,11,13-14H2,1H3,(H2,23,25,26). The summed E-state index contributed by atoms with van der Waals surface area (Å²) in [5.74, 6) is 0.844. The molecule has 1 aromatic carbocycles. The molecule has 0 saturated carbocycles. The van der Waals surface area contributed by atoms with E-state index in [0.29, 0.717) is 24.5 Å². The van der Waals surface area contributed by atoms with Crippen molar-refractivity contribution in [3.05, 3.63) is 59.5 Å². The Morgan fingerprint density at radius 1 is 1.37 bits per heavy atom. The molecule has 0 spiro atoms. The summed E-state index contributed by atoms with van der Waals surface area (Å²) in [6, 6.07) is 12.7. The normalized spacial score (nSPS) is 16.9. The lowest BCUT2D eigenvalue weighted by atomic mass is 10.1. The third-order valence-corrected chi connectivity index (χ3v) is 4.41. The number of rotatable bonds is 5. The Hall–Kier alpha value is -3.14. The van der Waals surface area contributed by atoms with Crippen molar-refractivity contribution in [1.82, 2.24) is 15.6 Å². The summed E-state index contributed by atoms with van der Waals surface area (Å²) in [5, 5.41) is 15.5. The monoisotopic (exact) mass is 366 g/mol. The average Bonchev–Trinajstić information content (AvgIpc) is 3.15. The van der Waals surface area contributed by atoms with E-state index in [1.54, 1.807) is 24.4 Å². The van der Waals surface area contributed by atoms with Crippen molar-refractivity contribution in [2.45, 2.75) is 25.9 Å². The number of guanidine groups is 1. The zero-order chi connectivity index (χ0) is 19.1. The van der Waals surface area contributed by atoms with Crippen LogP contribution in [0.4, 0.5) is 10.2 Å². The Morgan fingerprint density at radius 2 is 2.19 bits per heavy atom. The first-order valence-corrected chi connectivity index (χ1v) is 9.09. The SMILES string of the molecule is CCNC(=NCc1ccc(C#N)cc1)NC1CCN(c2ncccc2F)C1. The molecule has 27 heavy (non-hydrogen) atoms. The van der Waals surface area contributed by atoms with Crippen LogP contribution in [0.5, 0.6) is 0 Å². The van der Waals surface area contributed by atoms with Gasteiger partial charge in [-0.05, 0) is 43.2 Å². The molecule has 3 rings (SSSR count). The number of pyridine rings is 1. The summed E-state index contributed by atoms with van der Waals surface area (Å²) in [5.41, 5.74) is 1.68. The number of halogens is 1. The molecular weight excluding hydrogens is 343 g/mol. The van der Waals surface area contributed by atoms with Gasteiger partial charge in [-0.2, -0.15) is 5.26 Å². The van der Waals surface area contributed by atoms with E-state index in [0.717, 1.165) is 31.0 Å². The molecule has 140 valence electrons. The highest BCUT2D eigenvalue weighted by atomic mass is 19.1. The van der Waals surface area contributed by atoms with E-state index in [9.17, 15) is 4.39 Å². The van der Waals surface area contributed by atoms with Crippen molar-refractivity contribution >= 4 is 11.8 Å². The van der Waals surface area contributed by atoms with Crippen molar-refractivity contribution in [2.24, 2.45) is 4.99 Å². The highest BCUT2D eigenvalue weighted by Gasteiger charge is 2.25. The number of benzene rings is 1. The molecule has 1 atom stereocenters. The van der Waals surface area contributed by atoms with Gasteiger partial charge in [0.1, 0.15) is 0 Å². The van der Waals surface area contributed by atoms with Crippen molar-refractivity contribution in [3.8, 4) is 6.07 Å². The molecule has 0 amide bonds. The van der Waals surface area contributed by atoms with E-state index >= 15 is 0 Å². The molecule has 2 aromatic rings. The minimum Gasteiger partial charge on any atom is -0.357 e. The minimum atomic E-state index is -0.292. The molecule has 1 aliphatic heterocycles. The summed E-state index contributed by atoms with van der Waals surface area (Å²) in [7, 11) is 0. The first-order valence-electron chi connectivity index (χ1n) is 9.09. The summed E-state index contributed by atoms with van der Waals surface area (Å²) < 4.78 is 13.9. The average molecular weight is 366 g/mol. The van der Waals surface area contributed by atoms with E-state index in [-0.39, 0.29) is 11.9 Å². The van der Waals surface area contributed by atoms with Crippen LogP contribution < -0.4 is 15.5 Å². The third-order valence-electron chi connectivity index (χ3n) is 4.41. The molecule has 1 aromatic heterocycles. The van der Waals surface area contributed by atoms with Gasteiger partial charge in [0.05, 0.1) is 18.2 Å². The van der Waals surface area contributed by atoms with Gasteiger partial charge < -0.3 is 15.5 Å². The number of aliphatic imine (C=N–C) groups is 1. The molecule has 2 heterocycles. The zero-order valence-corrected chi connectivity index (χ0v) is 15.3. The summed E-state index contributed by atoms with van der Waals surface area (Å²) >= 11 is 0. The maximum atomic E-state index is 13.9. The number of anilines is 1. The van der Waals surface area contributed by atoms with Gasteiger partial charge in [0.2, 0.25) is 0 Å². The smallest absolute Gasteiger partial charge is 0.191 e. The molecule has 7 heteroatoms. The summed E-state index contributed by atoms with van der Waals surface area (Å²) in [4.78, 5) is 10.7. The van der Waals surface area contributed by atoms with Crippen LogP contribution in [0.3, 0.4) is 0 Å². The van der Waals surface area contributed by atoms with Crippen LogP contribution in [0.1, 0.15) is 24.5 Å². The van der Waals surface area contributed by atoms with Crippen LogP contribution in [-0.2, 0) is 6.54 Å². The summed E-state index contributed by atoms with van der Waals surface area (Å²) in [6.45, 7) is 4.72. The van der Waals surface area contributed by atoms with Crippen molar-refractivity contribution in [3.63, 3.8) is 0 Å². The molecule has 1 saturated heterocycles. The molecule has 6 nitrogen and oxygen atoms in total. The van der Waals surface area contributed by atoms with Gasteiger partial charge in [-0.15, -0.1) is 0 Å². The largest absolute Gasteiger partial charge is 0.357 e. The number of nitrogens with zero attached hydrogens (tertiary/aromatic N) is 4. The van der Waals surface area contributed by atoms with Gasteiger partial charge in [-0.25, -0.2) is 14.4 Å². The zero-order valence-electron chi connectivity index (χ0n) is 15.3. The minimum absolute atomic E-state index is 0.171. The lowest BCUT2D eigenvalue weighted by molar-refractivity contribution is 0.612. The molecular formula is C20H23FN6. The molecule has 0 bridgehead atoms. The number of hydrogen-bond acceptors (Lipinski definition) is 4. The quantitative estimate of drug-likeness (QED) is 0.628. The second kappa shape index (κ2) is 8.99. The van der Waals surface area contributed by atoms with Crippen molar-refractivity contribution in [1.29, 1.82) is 5.26 Å². The lowest BCUT2D eigenvalue weighted by Gasteiger charge is -2.20. The van der Waals surface area contributed by atoms with Crippen LogP contribution in [0.15, 0.2) is 47.6 Å². The van der Waals surface area contributed by atoms with Crippen LogP contribution in [-0.4, -0.2) is 36.6 Å². The Kier molecular flexibility index (Phi) is 6.21. The molecule has 1 fully saturated rings. The van der Waals surface area contributed by atoms with Gasteiger partial charge >= 0.3 is 0 Å². The second-order valence-electron chi connectivity index (χ2n) is 6.39. The predicted octanol–water partition coefficient (Wildman–Crippen LogP) is 2.43. The second-order valence-corrected chi connectivity index (χ2v) is 6.39. The number of nitrogens with one attached hydrogen (secondary N) is 2. The van der Waals surface area contributed by atoms with Gasteiger partial charge in [0.15, 0.2) is 17.6 Å². The Bertz CT molecular complexity index is 827. The van der Waals surface area contributed by atoms with E-state index in [2.05, 4.69) is 26.7 Å². The Balaban J connectivity index is 1.61. The highest BCUT2D eigenvalue weighted by molar-refractivity contribution is 5.80. The van der Waals surface area contributed by atoms with Crippen LogP contribution in [0, 0.1) is 17.1 Å². The van der Waals surface area contributed by atoms with Crippen LogP contribution in [0.25, 0.3) is 0 Å². The number of nitriles is 1. The summed E-state index contributed by atoms with van der Waals surface area (Å²) in [6.07, 6.45) is 2.50. The fourth-order valence-electron chi connectivity index (χ4n) is 3.05. The lowest BCUT2D eigenvalue weighted by Crippen LogP contribution is -2.44. The Morgan fingerprint density at radius 3 is 2.89 bits per heavy atom. The fraction of sp³-hybridized carbons (Fsp3) is 0.350. The van der Waals surface area contributed by atoms with Gasteiger partial charge in [-0.1, -0.05) is 12.1 Å². The van der Waals surface area contributed by atoms with Crippen molar-refractivity contribution in [2.75, 3.05) is 24.5 Å². The van der Waals surface area contributed by atoms with Crippen LogP contribution >= 0.6 is 0 Å². The highest BCUT2D eigenvalue weighted by Crippen LogP contribution is 2.20. The predicted molar refractivity (Wildman–Crippen MR) is 104 cm³/mol. The van der Waals surface area contributed by atoms with Gasteiger partial charge in [-0.3, -0.25) is 0 Å². The van der Waals surface area contributed by atoms with Gasteiger partial charge in [0.25, 0.3) is 0 Å². The number of aromatic nitrogens is 1. The van der Waals surface area contributed by atoms with Gasteiger partial charge in [0, 0.05) is 31.9 Å². The maximum Gasteiger partial charge on any atom is 0.191 e. The maximum absolute atomic E-state index is 13.9. The van der Waals surface area contributed by atoms with E-state index in [1.807, 2.05) is 24.0 Å². The fourth-order valence-corrected chi connectivity index (χ4v) is 3.05. The molecule has 0 radical (unpaired) electrons. The van der Waals surface area contributed by atoms with Crippen LogP contribution in [0.2, 0.25) is 0 Å². The Labute approximate surface area is 158 Å². The first-order chi connectivity index (χ1) is 13.2. The van der Waals surface area contributed by atoms with Crippen molar-refractivity contribution < 1.29 is 4.39 Å². The van der Waals surface area contributed by atoms with E-state index in [4.69, 9.17) is 5.26 Å². The molecule has 1 aliphatic rings. The third kappa shape index (κ3) is 4.94. The molecule has 1 unspecified atom stereocenters. The molecule has 0 aliphatic carbocycles. The van der Waals surface area contributed by atoms with E-state index in [1.165, 1.54) is 6.07 Å². The molecule has 2 N–H and O–H groups in total. The number of hydrogen-bond donors (Lipinski definition) is 2. The first kappa shape index (κ1) is 18.6. The topological polar surface area (TPSA) is 76.3 Å².